The SMILES string of the molecule is CN(C)CC(NC(c1ccccc1)c1ccccc1Cl)c1ccccc1. The predicted molar refractivity (Wildman–Crippen MR) is 111 cm³/mol. The summed E-state index contributed by atoms with van der Waals surface area (Å²) in [5.41, 5.74) is 3.58. The van der Waals surface area contributed by atoms with Crippen molar-refractivity contribution in [1.82, 2.24) is 10.2 Å². The van der Waals surface area contributed by atoms with E-state index in [1.807, 2.05) is 24.3 Å². The Morgan fingerprint density at radius 2 is 1.31 bits per heavy atom. The Hall–Kier alpha value is -2.13. The van der Waals surface area contributed by atoms with E-state index in [-0.39, 0.29) is 12.1 Å². The maximum atomic E-state index is 6.55. The van der Waals surface area contributed by atoms with Crippen molar-refractivity contribution < 1.29 is 0 Å². The number of halogens is 1. The van der Waals surface area contributed by atoms with Crippen LogP contribution >= 0.6 is 11.6 Å². The van der Waals surface area contributed by atoms with Crippen molar-refractivity contribution in [2.75, 3.05) is 20.6 Å². The standard InChI is InChI=1S/C23H25ClN2/c1-26(2)17-22(18-11-5-3-6-12-18)25-23(19-13-7-4-8-14-19)20-15-9-10-16-21(20)24/h3-16,22-23,25H,17H2,1-2H3. The molecule has 0 spiro atoms. The molecule has 26 heavy (non-hydrogen) atoms. The Bertz CT molecular complexity index is 803. The van der Waals surface area contributed by atoms with Crippen molar-refractivity contribution in [3.05, 3.63) is 107 Å². The van der Waals surface area contributed by atoms with Crippen molar-refractivity contribution in [3.63, 3.8) is 0 Å². The molecule has 0 fully saturated rings. The topological polar surface area (TPSA) is 15.3 Å². The van der Waals surface area contributed by atoms with E-state index in [0.717, 1.165) is 17.1 Å². The number of nitrogens with zero attached hydrogens (tertiary/aromatic N) is 1. The largest absolute Gasteiger partial charge is 0.308 e. The second-order valence-corrected chi connectivity index (χ2v) is 7.16. The average molecular weight is 365 g/mol. The molecule has 3 aromatic carbocycles. The lowest BCUT2D eigenvalue weighted by Crippen LogP contribution is -2.34. The number of nitrogens with one attached hydrogen (secondary N) is 1. The summed E-state index contributed by atoms with van der Waals surface area (Å²) >= 11 is 6.55. The molecule has 2 nitrogen and oxygen atoms in total. The molecule has 3 heteroatoms. The first kappa shape index (κ1) is 18.7. The minimum atomic E-state index is 0.0232. The van der Waals surface area contributed by atoms with E-state index in [1.54, 1.807) is 0 Å². The normalized spacial score (nSPS) is 13.5. The lowest BCUT2D eigenvalue weighted by atomic mass is 9.96. The molecule has 0 bridgehead atoms. The maximum absolute atomic E-state index is 6.55. The van der Waals surface area contributed by atoms with Gasteiger partial charge in [0, 0.05) is 17.6 Å². The number of hydrogen-bond acceptors (Lipinski definition) is 2. The first-order valence-electron chi connectivity index (χ1n) is 8.90. The molecule has 134 valence electrons. The van der Waals surface area contributed by atoms with Gasteiger partial charge in [-0.25, -0.2) is 0 Å². The van der Waals surface area contributed by atoms with Crippen LogP contribution in [0.4, 0.5) is 0 Å². The molecule has 0 amide bonds. The maximum Gasteiger partial charge on any atom is 0.0596 e. The highest BCUT2D eigenvalue weighted by atomic mass is 35.5. The molecule has 2 unspecified atom stereocenters. The predicted octanol–water partition coefficient (Wildman–Crippen LogP) is 5.32. The van der Waals surface area contributed by atoms with E-state index in [2.05, 4.69) is 85.0 Å². The lowest BCUT2D eigenvalue weighted by Gasteiger charge is -2.29. The van der Waals surface area contributed by atoms with Gasteiger partial charge in [0.25, 0.3) is 0 Å². The Morgan fingerprint density at radius 1 is 0.769 bits per heavy atom. The third kappa shape index (κ3) is 4.73. The van der Waals surface area contributed by atoms with Gasteiger partial charge in [-0.15, -0.1) is 0 Å². The second kappa shape index (κ2) is 9.00. The molecule has 0 saturated heterocycles. The van der Waals surface area contributed by atoms with Gasteiger partial charge in [-0.1, -0.05) is 90.5 Å². The number of likely N-dealkylation sites (N-methyl/N-ethyl adjacent to an activating group) is 1. The van der Waals surface area contributed by atoms with Gasteiger partial charge in [-0.2, -0.15) is 0 Å². The molecule has 0 aliphatic carbocycles. The van der Waals surface area contributed by atoms with Gasteiger partial charge in [0.1, 0.15) is 0 Å². The quantitative estimate of drug-likeness (QED) is 0.610. The Balaban J connectivity index is 1.99. The summed E-state index contributed by atoms with van der Waals surface area (Å²) in [6.45, 7) is 0.901. The highest BCUT2D eigenvalue weighted by Gasteiger charge is 2.22. The van der Waals surface area contributed by atoms with Gasteiger partial charge in [0.05, 0.1) is 6.04 Å². The molecule has 0 heterocycles. The van der Waals surface area contributed by atoms with Crippen LogP contribution in [-0.2, 0) is 0 Å². The van der Waals surface area contributed by atoms with Crippen LogP contribution < -0.4 is 5.32 Å². The molecule has 0 saturated carbocycles. The Labute approximate surface area is 161 Å². The van der Waals surface area contributed by atoms with Gasteiger partial charge in [0.15, 0.2) is 0 Å². The van der Waals surface area contributed by atoms with Crippen LogP contribution in [0.2, 0.25) is 5.02 Å². The van der Waals surface area contributed by atoms with Crippen molar-refractivity contribution >= 4 is 11.6 Å². The van der Waals surface area contributed by atoms with Crippen molar-refractivity contribution in [3.8, 4) is 0 Å². The number of hydrogen-bond donors (Lipinski definition) is 1. The summed E-state index contributed by atoms with van der Waals surface area (Å²) in [6.07, 6.45) is 0. The minimum Gasteiger partial charge on any atom is -0.308 e. The first-order chi connectivity index (χ1) is 12.6. The van der Waals surface area contributed by atoms with Crippen LogP contribution in [-0.4, -0.2) is 25.5 Å². The molecular formula is C23H25ClN2. The zero-order valence-corrected chi connectivity index (χ0v) is 16.0. The third-order valence-electron chi connectivity index (χ3n) is 4.47. The number of rotatable bonds is 7. The molecule has 0 aliphatic rings. The van der Waals surface area contributed by atoms with Crippen molar-refractivity contribution in [1.29, 1.82) is 0 Å². The third-order valence-corrected chi connectivity index (χ3v) is 4.81. The van der Waals surface area contributed by atoms with Crippen molar-refractivity contribution in [2.45, 2.75) is 12.1 Å². The summed E-state index contributed by atoms with van der Waals surface area (Å²) in [7, 11) is 4.20. The monoisotopic (exact) mass is 364 g/mol. The molecule has 3 rings (SSSR count). The highest BCUT2D eigenvalue weighted by Crippen LogP contribution is 2.31. The van der Waals surface area contributed by atoms with Gasteiger partial charge in [-0.05, 0) is 36.9 Å². The molecule has 1 N–H and O–H groups in total. The molecule has 2 atom stereocenters. The van der Waals surface area contributed by atoms with E-state index in [4.69, 9.17) is 11.6 Å². The molecule has 0 aromatic heterocycles. The van der Waals surface area contributed by atoms with E-state index in [9.17, 15) is 0 Å². The van der Waals surface area contributed by atoms with Crippen LogP contribution in [0.15, 0.2) is 84.9 Å². The van der Waals surface area contributed by atoms with Gasteiger partial charge in [0.2, 0.25) is 0 Å². The van der Waals surface area contributed by atoms with E-state index < -0.39 is 0 Å². The zero-order chi connectivity index (χ0) is 18.4. The zero-order valence-electron chi connectivity index (χ0n) is 15.3. The van der Waals surface area contributed by atoms with Gasteiger partial charge in [-0.3, -0.25) is 5.32 Å². The van der Waals surface area contributed by atoms with Crippen LogP contribution in [0, 0.1) is 0 Å². The fourth-order valence-corrected chi connectivity index (χ4v) is 3.47. The lowest BCUT2D eigenvalue weighted by molar-refractivity contribution is 0.330. The smallest absolute Gasteiger partial charge is 0.0596 e. The van der Waals surface area contributed by atoms with Gasteiger partial charge < -0.3 is 4.90 Å². The van der Waals surface area contributed by atoms with E-state index >= 15 is 0 Å². The van der Waals surface area contributed by atoms with Crippen molar-refractivity contribution in [2.24, 2.45) is 0 Å². The summed E-state index contributed by atoms with van der Waals surface area (Å²) in [4.78, 5) is 2.21. The molecule has 0 aliphatic heterocycles. The fourth-order valence-electron chi connectivity index (χ4n) is 3.23. The second-order valence-electron chi connectivity index (χ2n) is 6.76. The highest BCUT2D eigenvalue weighted by molar-refractivity contribution is 6.31. The summed E-state index contributed by atoms with van der Waals surface area (Å²) in [6, 6.07) is 29.4. The van der Waals surface area contributed by atoms with Crippen LogP contribution in [0.3, 0.4) is 0 Å². The summed E-state index contributed by atoms with van der Waals surface area (Å²) in [5, 5.41) is 4.63. The number of benzene rings is 3. The van der Waals surface area contributed by atoms with Crippen LogP contribution in [0.1, 0.15) is 28.8 Å². The summed E-state index contributed by atoms with van der Waals surface area (Å²) < 4.78 is 0. The fraction of sp³-hybridized carbons (Fsp3) is 0.217. The van der Waals surface area contributed by atoms with E-state index in [1.165, 1.54) is 11.1 Å². The molecule has 3 aromatic rings. The Morgan fingerprint density at radius 3 is 1.88 bits per heavy atom. The molecule has 0 radical (unpaired) electrons. The average Bonchev–Trinajstić information content (AvgIpc) is 2.67. The minimum absolute atomic E-state index is 0.0232. The molecular weight excluding hydrogens is 340 g/mol. The van der Waals surface area contributed by atoms with Crippen LogP contribution in [0.5, 0.6) is 0 Å². The summed E-state index contributed by atoms with van der Waals surface area (Å²) in [5.74, 6) is 0. The van der Waals surface area contributed by atoms with Crippen LogP contribution in [0.25, 0.3) is 0 Å². The van der Waals surface area contributed by atoms with Gasteiger partial charge >= 0.3 is 0 Å². The Kier molecular flexibility index (Phi) is 6.45. The van der Waals surface area contributed by atoms with E-state index in [0.29, 0.717) is 0 Å². The first-order valence-corrected chi connectivity index (χ1v) is 9.28.